The highest BCUT2D eigenvalue weighted by Crippen LogP contribution is 2.57. The molecule has 0 aliphatic heterocycles. The number of benzene rings is 7. The summed E-state index contributed by atoms with van der Waals surface area (Å²) in [5.41, 5.74) is 12.8. The lowest BCUT2D eigenvalue weighted by molar-refractivity contribution is 0.768. The molecule has 0 radical (unpaired) electrons. The van der Waals surface area contributed by atoms with Gasteiger partial charge in [-0.3, -0.25) is 0 Å². The third kappa shape index (κ3) is 4.56. The minimum absolute atomic E-state index is 0.465. The molecule has 0 heterocycles. The van der Waals surface area contributed by atoms with Gasteiger partial charge in [-0.2, -0.15) is 0 Å². The van der Waals surface area contributed by atoms with E-state index in [-0.39, 0.29) is 0 Å². The number of nitrogens with zero attached hydrogens (tertiary/aromatic N) is 1. The number of fused-ring (bicyclic) bond motifs is 3. The van der Waals surface area contributed by atoms with Crippen LogP contribution in [0, 0.1) is 0 Å². The molecular weight excluding hydrogens is 566 g/mol. The van der Waals surface area contributed by atoms with Crippen molar-refractivity contribution in [3.05, 3.63) is 209 Å². The molecule has 0 unspecified atom stereocenters. The van der Waals surface area contributed by atoms with Crippen molar-refractivity contribution >= 4 is 28.7 Å². The highest BCUT2D eigenvalue weighted by Gasteiger charge is 2.46. The fraction of sp³-hybridized carbons (Fsp3) is 0.0233. The molecule has 8 rings (SSSR count). The van der Waals surface area contributed by atoms with Crippen molar-refractivity contribution in [2.24, 2.45) is 0 Å². The Kier molecular flexibility index (Phi) is 6.82. The van der Waals surface area contributed by atoms with Crippen molar-refractivity contribution in [2.75, 3.05) is 4.90 Å². The van der Waals surface area contributed by atoms with Gasteiger partial charge < -0.3 is 4.90 Å². The van der Waals surface area contributed by atoms with Gasteiger partial charge >= 0.3 is 0 Å². The largest absolute Gasteiger partial charge is 0.310 e. The molecule has 0 saturated carbocycles. The van der Waals surface area contributed by atoms with Crippen LogP contribution < -0.4 is 4.90 Å². The zero-order chi connectivity index (χ0) is 30.2. The number of halogens is 1. The average Bonchev–Trinajstić information content (AvgIpc) is 3.41. The third-order valence-electron chi connectivity index (χ3n) is 9.02. The predicted molar refractivity (Wildman–Crippen MR) is 189 cm³/mol. The summed E-state index contributed by atoms with van der Waals surface area (Å²) in [5.74, 6) is 0. The second-order valence-corrected chi connectivity index (χ2v) is 11.9. The first-order valence-corrected chi connectivity index (χ1v) is 15.7. The highest BCUT2D eigenvalue weighted by atomic mass is 35.5. The van der Waals surface area contributed by atoms with Crippen LogP contribution in [0.25, 0.3) is 22.3 Å². The zero-order valence-electron chi connectivity index (χ0n) is 24.6. The van der Waals surface area contributed by atoms with Gasteiger partial charge in [0.25, 0.3) is 0 Å². The summed E-state index contributed by atoms with van der Waals surface area (Å²) in [6.07, 6.45) is 0. The molecule has 1 nitrogen and oxygen atoms in total. The number of hydrogen-bond acceptors (Lipinski definition) is 1. The van der Waals surface area contributed by atoms with Gasteiger partial charge in [0.2, 0.25) is 0 Å². The molecule has 0 spiro atoms. The Morgan fingerprint density at radius 2 is 0.844 bits per heavy atom. The predicted octanol–water partition coefficient (Wildman–Crippen LogP) is 11.8. The van der Waals surface area contributed by atoms with E-state index in [1.165, 1.54) is 44.5 Å². The molecule has 7 aromatic carbocycles. The summed E-state index contributed by atoms with van der Waals surface area (Å²) in [6, 6.07) is 65.2. The first-order valence-electron chi connectivity index (χ1n) is 15.3. The normalized spacial score (nSPS) is 12.7. The fourth-order valence-corrected chi connectivity index (χ4v) is 7.17. The average molecular weight is 596 g/mol. The van der Waals surface area contributed by atoms with Crippen LogP contribution in [0.2, 0.25) is 5.02 Å². The van der Waals surface area contributed by atoms with E-state index in [2.05, 4.69) is 175 Å². The molecule has 214 valence electrons. The smallest absolute Gasteiger partial charge is 0.0714 e. The quantitative estimate of drug-likeness (QED) is 0.185. The maximum Gasteiger partial charge on any atom is 0.0714 e. The van der Waals surface area contributed by atoms with Gasteiger partial charge in [-0.15, -0.1) is 0 Å². The molecule has 7 aromatic rings. The van der Waals surface area contributed by atoms with Crippen molar-refractivity contribution in [3.8, 4) is 22.3 Å². The lowest BCUT2D eigenvalue weighted by atomic mass is 9.67. The lowest BCUT2D eigenvalue weighted by Gasteiger charge is -2.35. The maximum atomic E-state index is 6.38. The first kappa shape index (κ1) is 27.2. The Labute approximate surface area is 269 Å². The second kappa shape index (κ2) is 11.3. The van der Waals surface area contributed by atoms with E-state index in [9.17, 15) is 0 Å². The summed E-state index contributed by atoms with van der Waals surface area (Å²) in [7, 11) is 0. The molecular formula is C43H30ClN. The van der Waals surface area contributed by atoms with Crippen molar-refractivity contribution in [1.82, 2.24) is 0 Å². The van der Waals surface area contributed by atoms with Gasteiger partial charge in [-0.1, -0.05) is 145 Å². The van der Waals surface area contributed by atoms with Crippen molar-refractivity contribution in [2.45, 2.75) is 5.41 Å². The monoisotopic (exact) mass is 595 g/mol. The van der Waals surface area contributed by atoms with Crippen LogP contribution in [0.5, 0.6) is 0 Å². The topological polar surface area (TPSA) is 3.24 Å². The van der Waals surface area contributed by atoms with Crippen LogP contribution in [0.3, 0.4) is 0 Å². The molecule has 0 aromatic heterocycles. The summed E-state index contributed by atoms with van der Waals surface area (Å²) in [5, 5.41) is 0.717. The van der Waals surface area contributed by atoms with Crippen molar-refractivity contribution in [3.63, 3.8) is 0 Å². The van der Waals surface area contributed by atoms with E-state index in [0.717, 1.165) is 22.1 Å². The summed E-state index contributed by atoms with van der Waals surface area (Å²) >= 11 is 6.38. The van der Waals surface area contributed by atoms with E-state index in [1.807, 2.05) is 12.1 Å². The molecule has 0 saturated heterocycles. The van der Waals surface area contributed by atoms with Crippen LogP contribution in [0.1, 0.15) is 22.3 Å². The van der Waals surface area contributed by atoms with Crippen molar-refractivity contribution in [1.29, 1.82) is 0 Å². The standard InChI is InChI=1S/C43H30ClN/c44-35-22-26-37(27-23-35)45(36-24-20-32(21-25-36)31-12-4-1-5-13-31)38-28-29-40-39-18-10-11-19-41(39)43(42(40)30-38,33-14-6-2-7-15-33)34-16-8-3-9-17-34/h1-30H. The van der Waals surface area contributed by atoms with E-state index >= 15 is 0 Å². The Morgan fingerprint density at radius 1 is 0.378 bits per heavy atom. The van der Waals surface area contributed by atoms with E-state index < -0.39 is 5.41 Å². The number of hydrogen-bond donors (Lipinski definition) is 0. The molecule has 0 amide bonds. The van der Waals surface area contributed by atoms with E-state index in [0.29, 0.717) is 0 Å². The second-order valence-electron chi connectivity index (χ2n) is 11.5. The summed E-state index contributed by atoms with van der Waals surface area (Å²) < 4.78 is 0. The Morgan fingerprint density at radius 3 is 1.47 bits per heavy atom. The zero-order valence-corrected chi connectivity index (χ0v) is 25.4. The van der Waals surface area contributed by atoms with Gasteiger partial charge in [0, 0.05) is 22.1 Å². The van der Waals surface area contributed by atoms with Crippen LogP contribution in [-0.2, 0) is 5.41 Å². The molecule has 0 fully saturated rings. The first-order chi connectivity index (χ1) is 22.2. The van der Waals surface area contributed by atoms with Crippen LogP contribution >= 0.6 is 11.6 Å². The minimum Gasteiger partial charge on any atom is -0.310 e. The molecule has 1 aliphatic carbocycles. The van der Waals surface area contributed by atoms with Gasteiger partial charge in [0.15, 0.2) is 0 Å². The molecule has 0 bridgehead atoms. The molecule has 0 atom stereocenters. The number of anilines is 3. The molecule has 1 aliphatic rings. The van der Waals surface area contributed by atoms with Gasteiger partial charge in [0.05, 0.1) is 5.41 Å². The molecule has 2 heteroatoms. The lowest BCUT2D eigenvalue weighted by Crippen LogP contribution is -2.28. The van der Waals surface area contributed by atoms with E-state index in [4.69, 9.17) is 11.6 Å². The van der Waals surface area contributed by atoms with Gasteiger partial charge in [0.1, 0.15) is 0 Å². The molecule has 0 N–H and O–H groups in total. The van der Waals surface area contributed by atoms with Crippen LogP contribution in [0.15, 0.2) is 182 Å². The van der Waals surface area contributed by atoms with Crippen molar-refractivity contribution < 1.29 is 0 Å². The Bertz CT molecular complexity index is 2050. The van der Waals surface area contributed by atoms with Gasteiger partial charge in [-0.05, 0) is 93.0 Å². The van der Waals surface area contributed by atoms with E-state index in [1.54, 1.807) is 0 Å². The minimum atomic E-state index is -0.465. The highest BCUT2D eigenvalue weighted by molar-refractivity contribution is 6.30. The summed E-state index contributed by atoms with van der Waals surface area (Å²) in [6.45, 7) is 0. The number of rotatable bonds is 6. The fourth-order valence-electron chi connectivity index (χ4n) is 7.04. The third-order valence-corrected chi connectivity index (χ3v) is 9.27. The maximum absolute atomic E-state index is 6.38. The molecule has 45 heavy (non-hydrogen) atoms. The van der Waals surface area contributed by atoms with Crippen LogP contribution in [0.4, 0.5) is 17.1 Å². The van der Waals surface area contributed by atoms with Gasteiger partial charge in [-0.25, -0.2) is 0 Å². The SMILES string of the molecule is Clc1ccc(N(c2ccc(-c3ccccc3)cc2)c2ccc3c(c2)C(c2ccccc2)(c2ccccc2)c2ccccc2-3)cc1. The Balaban J connectivity index is 1.36. The van der Waals surface area contributed by atoms with Crippen LogP contribution in [-0.4, -0.2) is 0 Å². The summed E-state index contributed by atoms with van der Waals surface area (Å²) in [4.78, 5) is 2.33. The Hall–Kier alpha value is -5.37.